The van der Waals surface area contributed by atoms with Crippen LogP contribution in [0.2, 0.25) is 5.02 Å². The molecule has 0 heterocycles. The summed E-state index contributed by atoms with van der Waals surface area (Å²) < 4.78 is 0. The van der Waals surface area contributed by atoms with E-state index >= 15 is 0 Å². The van der Waals surface area contributed by atoms with Gasteiger partial charge in [-0.05, 0) is 31.0 Å². The third-order valence-corrected chi connectivity index (χ3v) is 3.64. The van der Waals surface area contributed by atoms with Crippen LogP contribution in [-0.2, 0) is 4.79 Å². The molecule has 0 spiro atoms. The van der Waals surface area contributed by atoms with Crippen molar-refractivity contribution in [2.24, 2.45) is 5.92 Å². The predicted octanol–water partition coefficient (Wildman–Crippen LogP) is 3.67. The lowest BCUT2D eigenvalue weighted by Gasteiger charge is -2.33. The van der Waals surface area contributed by atoms with E-state index in [2.05, 4.69) is 20.8 Å². The molecular weight excluding hydrogens is 250 g/mol. The Kier molecular flexibility index (Phi) is 5.48. The first-order chi connectivity index (χ1) is 8.45. The second-order valence-electron chi connectivity index (χ2n) is 4.63. The molecule has 4 heteroatoms. The van der Waals surface area contributed by atoms with Crippen LogP contribution >= 0.6 is 11.6 Å². The molecule has 1 aromatic carbocycles. The van der Waals surface area contributed by atoms with Crippen LogP contribution in [0, 0.1) is 5.92 Å². The number of aliphatic carboxylic acids is 1. The largest absolute Gasteiger partial charge is 0.480 e. The van der Waals surface area contributed by atoms with Gasteiger partial charge in [0, 0.05) is 16.8 Å². The summed E-state index contributed by atoms with van der Waals surface area (Å²) in [7, 11) is 0. The van der Waals surface area contributed by atoms with Crippen molar-refractivity contribution in [3.05, 3.63) is 29.3 Å². The Hall–Kier alpha value is -1.22. The third-order valence-electron chi connectivity index (χ3n) is 3.40. The lowest BCUT2D eigenvalue weighted by atomic mass is 9.98. The lowest BCUT2D eigenvalue weighted by molar-refractivity contribution is -0.135. The van der Waals surface area contributed by atoms with Gasteiger partial charge in [0.1, 0.15) is 6.54 Å². The molecule has 1 N–H and O–H groups in total. The van der Waals surface area contributed by atoms with E-state index in [1.807, 2.05) is 23.1 Å². The monoisotopic (exact) mass is 269 g/mol. The van der Waals surface area contributed by atoms with Gasteiger partial charge in [-0.2, -0.15) is 0 Å². The van der Waals surface area contributed by atoms with Crippen LogP contribution in [0.4, 0.5) is 5.69 Å². The number of anilines is 1. The van der Waals surface area contributed by atoms with Crippen LogP contribution < -0.4 is 4.90 Å². The van der Waals surface area contributed by atoms with Crippen LogP contribution in [0.5, 0.6) is 0 Å². The minimum Gasteiger partial charge on any atom is -0.480 e. The Bertz CT molecular complexity index is 409. The van der Waals surface area contributed by atoms with Gasteiger partial charge >= 0.3 is 5.97 Å². The molecule has 1 rings (SSSR count). The van der Waals surface area contributed by atoms with Crippen molar-refractivity contribution in [1.29, 1.82) is 0 Å². The molecule has 0 aliphatic carbocycles. The van der Waals surface area contributed by atoms with E-state index in [9.17, 15) is 4.79 Å². The molecule has 0 aromatic heterocycles. The zero-order valence-electron chi connectivity index (χ0n) is 11.1. The molecule has 0 saturated carbocycles. The Balaban J connectivity index is 3.01. The standard InChI is InChI=1S/C14H20ClNO2/c1-4-10(2)11(3)16(9-14(17)18)13-7-5-6-12(15)8-13/h5-8,10-11H,4,9H2,1-3H3,(H,17,18). The Morgan fingerprint density at radius 2 is 2.11 bits per heavy atom. The summed E-state index contributed by atoms with van der Waals surface area (Å²) in [6.07, 6.45) is 1.01. The van der Waals surface area contributed by atoms with E-state index in [-0.39, 0.29) is 12.6 Å². The molecule has 0 aliphatic heterocycles. The smallest absolute Gasteiger partial charge is 0.323 e. The number of nitrogens with zero attached hydrogens (tertiary/aromatic N) is 1. The molecule has 2 unspecified atom stereocenters. The van der Waals surface area contributed by atoms with Crippen molar-refractivity contribution in [2.45, 2.75) is 33.2 Å². The number of rotatable bonds is 6. The normalized spacial score (nSPS) is 14.0. The first kappa shape index (κ1) is 14.8. The molecule has 18 heavy (non-hydrogen) atoms. The van der Waals surface area contributed by atoms with Crippen molar-refractivity contribution in [2.75, 3.05) is 11.4 Å². The number of halogens is 1. The summed E-state index contributed by atoms with van der Waals surface area (Å²) in [5, 5.41) is 9.67. The van der Waals surface area contributed by atoms with Crippen LogP contribution in [0.3, 0.4) is 0 Å². The van der Waals surface area contributed by atoms with Crippen LogP contribution in [0.15, 0.2) is 24.3 Å². The number of benzene rings is 1. The van der Waals surface area contributed by atoms with E-state index < -0.39 is 5.97 Å². The fourth-order valence-corrected chi connectivity index (χ4v) is 2.10. The topological polar surface area (TPSA) is 40.5 Å². The molecule has 3 nitrogen and oxygen atoms in total. The summed E-state index contributed by atoms with van der Waals surface area (Å²) in [5.41, 5.74) is 0.859. The average Bonchev–Trinajstić information content (AvgIpc) is 2.34. The minimum absolute atomic E-state index is 0.00809. The van der Waals surface area contributed by atoms with Crippen LogP contribution in [-0.4, -0.2) is 23.7 Å². The van der Waals surface area contributed by atoms with Crippen molar-refractivity contribution >= 4 is 23.3 Å². The van der Waals surface area contributed by atoms with Gasteiger partial charge in [0.05, 0.1) is 0 Å². The molecule has 0 aliphatic rings. The van der Waals surface area contributed by atoms with E-state index in [1.54, 1.807) is 6.07 Å². The molecule has 0 amide bonds. The van der Waals surface area contributed by atoms with Gasteiger partial charge in [0.15, 0.2) is 0 Å². The first-order valence-corrected chi connectivity index (χ1v) is 6.57. The molecule has 0 saturated heterocycles. The highest BCUT2D eigenvalue weighted by Crippen LogP contribution is 2.24. The zero-order valence-corrected chi connectivity index (χ0v) is 11.8. The zero-order chi connectivity index (χ0) is 13.7. The SMILES string of the molecule is CCC(C)C(C)N(CC(=O)O)c1cccc(Cl)c1. The summed E-state index contributed by atoms with van der Waals surface area (Å²) in [6, 6.07) is 7.50. The van der Waals surface area contributed by atoms with Gasteiger partial charge in [-0.25, -0.2) is 0 Å². The Labute approximate surface area is 113 Å². The van der Waals surface area contributed by atoms with Gasteiger partial charge in [-0.15, -0.1) is 0 Å². The van der Waals surface area contributed by atoms with Crippen molar-refractivity contribution in [1.82, 2.24) is 0 Å². The van der Waals surface area contributed by atoms with Gasteiger partial charge in [0.2, 0.25) is 0 Å². The number of carboxylic acids is 1. The van der Waals surface area contributed by atoms with Crippen molar-refractivity contribution in [3.8, 4) is 0 Å². The summed E-state index contributed by atoms with van der Waals surface area (Å²) in [5.74, 6) is -0.409. The highest BCUT2D eigenvalue weighted by atomic mass is 35.5. The van der Waals surface area contributed by atoms with Crippen LogP contribution in [0.25, 0.3) is 0 Å². The predicted molar refractivity (Wildman–Crippen MR) is 75.4 cm³/mol. The van der Waals surface area contributed by atoms with Crippen LogP contribution in [0.1, 0.15) is 27.2 Å². The summed E-state index contributed by atoms with van der Waals surface area (Å²) in [6.45, 7) is 6.28. The molecule has 2 atom stereocenters. The van der Waals surface area contributed by atoms with Gasteiger partial charge in [-0.3, -0.25) is 4.79 Å². The van der Waals surface area contributed by atoms with E-state index in [4.69, 9.17) is 16.7 Å². The number of carbonyl (C=O) groups is 1. The van der Waals surface area contributed by atoms with Gasteiger partial charge < -0.3 is 10.0 Å². The van der Waals surface area contributed by atoms with Gasteiger partial charge in [-0.1, -0.05) is 37.9 Å². The number of carboxylic acid groups (broad SMARTS) is 1. The molecule has 1 aromatic rings. The summed E-state index contributed by atoms with van der Waals surface area (Å²) >= 11 is 5.97. The first-order valence-electron chi connectivity index (χ1n) is 6.19. The quantitative estimate of drug-likeness (QED) is 0.857. The molecule has 0 fully saturated rings. The Morgan fingerprint density at radius 1 is 1.44 bits per heavy atom. The van der Waals surface area contributed by atoms with E-state index in [0.717, 1.165) is 12.1 Å². The summed E-state index contributed by atoms with van der Waals surface area (Å²) in [4.78, 5) is 12.9. The average molecular weight is 270 g/mol. The maximum atomic E-state index is 11.0. The lowest BCUT2D eigenvalue weighted by Crippen LogP contribution is -2.41. The second kappa shape index (κ2) is 6.64. The second-order valence-corrected chi connectivity index (χ2v) is 5.06. The molecule has 0 bridgehead atoms. The molecular formula is C14H20ClNO2. The van der Waals surface area contributed by atoms with E-state index in [1.165, 1.54) is 0 Å². The molecule has 0 radical (unpaired) electrons. The van der Waals surface area contributed by atoms with Crippen molar-refractivity contribution < 1.29 is 9.90 Å². The number of hydrogen-bond donors (Lipinski definition) is 1. The fraction of sp³-hybridized carbons (Fsp3) is 0.500. The number of hydrogen-bond acceptors (Lipinski definition) is 2. The highest BCUT2D eigenvalue weighted by molar-refractivity contribution is 6.30. The maximum absolute atomic E-state index is 11.0. The Morgan fingerprint density at radius 3 is 2.61 bits per heavy atom. The highest BCUT2D eigenvalue weighted by Gasteiger charge is 2.21. The van der Waals surface area contributed by atoms with Crippen molar-refractivity contribution in [3.63, 3.8) is 0 Å². The third kappa shape index (κ3) is 3.91. The minimum atomic E-state index is -0.829. The fourth-order valence-electron chi connectivity index (χ4n) is 1.92. The van der Waals surface area contributed by atoms with E-state index in [0.29, 0.717) is 10.9 Å². The maximum Gasteiger partial charge on any atom is 0.323 e. The molecule has 100 valence electrons. The van der Waals surface area contributed by atoms with Gasteiger partial charge in [0.25, 0.3) is 0 Å².